The summed E-state index contributed by atoms with van der Waals surface area (Å²) in [6, 6.07) is 24.5. The van der Waals surface area contributed by atoms with Gasteiger partial charge in [-0.2, -0.15) is 0 Å². The number of hydrogen-bond donors (Lipinski definition) is 3. The first kappa shape index (κ1) is 20.4. The lowest BCUT2D eigenvalue weighted by atomic mass is 9.97. The third kappa shape index (κ3) is 5.02. The maximum atomic E-state index is 12.6. The second-order valence-corrected chi connectivity index (χ2v) is 7.35. The fraction of sp³-hybridized carbons (Fsp3) is 0.167. The fourth-order valence-electron chi connectivity index (χ4n) is 3.72. The van der Waals surface area contributed by atoms with E-state index in [0.29, 0.717) is 17.2 Å². The van der Waals surface area contributed by atoms with Gasteiger partial charge in [0.25, 0.3) is 5.91 Å². The highest BCUT2D eigenvalue weighted by atomic mass is 16.7. The smallest absolute Gasteiger partial charge is 0.326 e. The van der Waals surface area contributed by atoms with E-state index in [-0.39, 0.29) is 25.3 Å². The number of amides is 3. The summed E-state index contributed by atoms with van der Waals surface area (Å²) in [7, 11) is 1.94. The Morgan fingerprint density at radius 3 is 2.16 bits per heavy atom. The van der Waals surface area contributed by atoms with Gasteiger partial charge in [0, 0.05) is 22.9 Å². The molecule has 31 heavy (non-hydrogen) atoms. The minimum Gasteiger partial charge on any atom is -0.454 e. The molecule has 1 heterocycles. The highest BCUT2D eigenvalue weighted by Crippen LogP contribution is 2.34. The van der Waals surface area contributed by atoms with Crippen molar-refractivity contribution < 1.29 is 24.0 Å². The lowest BCUT2D eigenvalue weighted by Gasteiger charge is -2.25. The average molecular weight is 418 g/mol. The molecular formula is C24H24N3O4+. The normalized spacial score (nSPS) is 13.0. The monoisotopic (exact) mass is 418 g/mol. The standard InChI is InChI=1S/C24H23N3O4/c1-27(23(17-8-4-2-5-9-17)18-10-6-3-7-11-18)15-22(28)26-24(29)25-19-12-13-20-21(14-19)31-16-30-20/h2-14,23H,15-16H2,1H3,(H2,25,26,28,29)/p+1. The Balaban J connectivity index is 1.40. The first-order valence-corrected chi connectivity index (χ1v) is 10.0. The van der Waals surface area contributed by atoms with E-state index >= 15 is 0 Å². The molecule has 0 spiro atoms. The predicted molar refractivity (Wildman–Crippen MR) is 116 cm³/mol. The van der Waals surface area contributed by atoms with E-state index in [1.807, 2.05) is 67.7 Å². The lowest BCUT2D eigenvalue weighted by Crippen LogP contribution is -3.10. The Labute approximate surface area is 180 Å². The second kappa shape index (κ2) is 9.32. The maximum Gasteiger partial charge on any atom is 0.326 e. The quantitative estimate of drug-likeness (QED) is 0.574. The molecule has 3 amide bonds. The van der Waals surface area contributed by atoms with Gasteiger partial charge in [0.15, 0.2) is 18.0 Å². The number of urea groups is 1. The second-order valence-electron chi connectivity index (χ2n) is 7.35. The van der Waals surface area contributed by atoms with Crippen LogP contribution in [0.25, 0.3) is 0 Å². The number of rotatable bonds is 6. The van der Waals surface area contributed by atoms with Crippen LogP contribution in [-0.4, -0.2) is 32.3 Å². The number of imide groups is 1. The number of likely N-dealkylation sites (N-methyl/N-ethyl adjacent to an activating group) is 1. The largest absolute Gasteiger partial charge is 0.454 e. The Morgan fingerprint density at radius 1 is 0.903 bits per heavy atom. The number of nitrogens with one attached hydrogen (secondary N) is 3. The van der Waals surface area contributed by atoms with Crippen molar-refractivity contribution in [3.63, 3.8) is 0 Å². The van der Waals surface area contributed by atoms with Crippen LogP contribution in [0.5, 0.6) is 11.5 Å². The molecule has 0 saturated heterocycles. The third-order valence-corrected chi connectivity index (χ3v) is 5.08. The molecule has 1 atom stereocenters. The molecule has 3 aromatic carbocycles. The van der Waals surface area contributed by atoms with Crippen LogP contribution < -0.4 is 25.0 Å². The summed E-state index contributed by atoms with van der Waals surface area (Å²) in [6.07, 6.45) is 0. The number of ether oxygens (including phenoxy) is 2. The zero-order chi connectivity index (χ0) is 21.6. The van der Waals surface area contributed by atoms with Gasteiger partial charge in [-0.15, -0.1) is 0 Å². The molecule has 0 aliphatic carbocycles. The topological polar surface area (TPSA) is 81.1 Å². The number of fused-ring (bicyclic) bond motifs is 1. The van der Waals surface area contributed by atoms with Crippen LogP contribution >= 0.6 is 0 Å². The van der Waals surface area contributed by atoms with Crippen LogP contribution in [0.1, 0.15) is 17.2 Å². The van der Waals surface area contributed by atoms with Gasteiger partial charge in [0.1, 0.15) is 6.04 Å². The first-order valence-electron chi connectivity index (χ1n) is 10.0. The molecule has 0 radical (unpaired) electrons. The molecule has 1 aliphatic rings. The molecule has 158 valence electrons. The van der Waals surface area contributed by atoms with Crippen LogP contribution in [-0.2, 0) is 4.79 Å². The van der Waals surface area contributed by atoms with Crippen molar-refractivity contribution >= 4 is 17.6 Å². The number of benzene rings is 3. The summed E-state index contributed by atoms with van der Waals surface area (Å²) in [5, 5.41) is 5.06. The molecule has 7 heteroatoms. The van der Waals surface area contributed by atoms with E-state index in [9.17, 15) is 9.59 Å². The summed E-state index contributed by atoms with van der Waals surface area (Å²) in [5.74, 6) is 0.814. The van der Waals surface area contributed by atoms with E-state index < -0.39 is 6.03 Å². The molecule has 7 nitrogen and oxygen atoms in total. The number of anilines is 1. The van der Waals surface area contributed by atoms with Gasteiger partial charge in [-0.1, -0.05) is 60.7 Å². The molecule has 3 N–H and O–H groups in total. The van der Waals surface area contributed by atoms with E-state index in [4.69, 9.17) is 9.47 Å². The van der Waals surface area contributed by atoms with Gasteiger partial charge in [-0.05, 0) is 12.1 Å². The van der Waals surface area contributed by atoms with E-state index in [1.165, 1.54) is 0 Å². The number of quaternary nitrogens is 1. The lowest BCUT2D eigenvalue weighted by molar-refractivity contribution is -0.898. The van der Waals surface area contributed by atoms with Gasteiger partial charge in [-0.25, -0.2) is 4.79 Å². The minimum atomic E-state index is -0.590. The highest BCUT2D eigenvalue weighted by molar-refractivity contribution is 6.01. The first-order chi connectivity index (χ1) is 15.1. The van der Waals surface area contributed by atoms with Crippen LogP contribution in [0.3, 0.4) is 0 Å². The molecule has 1 unspecified atom stereocenters. The van der Waals surface area contributed by atoms with Crippen molar-refractivity contribution in [3.8, 4) is 11.5 Å². The van der Waals surface area contributed by atoms with E-state index in [1.54, 1.807) is 18.2 Å². The Bertz CT molecular complexity index is 1020. The van der Waals surface area contributed by atoms with Crippen molar-refractivity contribution in [2.24, 2.45) is 0 Å². The Morgan fingerprint density at radius 2 is 1.52 bits per heavy atom. The van der Waals surface area contributed by atoms with Crippen molar-refractivity contribution in [3.05, 3.63) is 90.0 Å². The van der Waals surface area contributed by atoms with Crippen molar-refractivity contribution in [1.29, 1.82) is 0 Å². The molecule has 0 bridgehead atoms. The summed E-state index contributed by atoms with van der Waals surface area (Å²) in [5.41, 5.74) is 2.72. The summed E-state index contributed by atoms with van der Waals surface area (Å²) >= 11 is 0. The van der Waals surface area contributed by atoms with E-state index in [2.05, 4.69) is 10.6 Å². The highest BCUT2D eigenvalue weighted by Gasteiger charge is 2.25. The minimum absolute atomic E-state index is 0.0370. The number of carbonyl (C=O) groups is 2. The van der Waals surface area contributed by atoms with Crippen LogP contribution in [0, 0.1) is 0 Å². The zero-order valence-corrected chi connectivity index (χ0v) is 17.1. The Kier molecular flexibility index (Phi) is 6.14. The van der Waals surface area contributed by atoms with Gasteiger partial charge < -0.3 is 19.7 Å². The molecule has 0 aromatic heterocycles. The van der Waals surface area contributed by atoms with E-state index in [0.717, 1.165) is 16.0 Å². The average Bonchev–Trinajstić information content (AvgIpc) is 3.23. The van der Waals surface area contributed by atoms with Crippen molar-refractivity contribution in [2.75, 3.05) is 25.7 Å². The van der Waals surface area contributed by atoms with Gasteiger partial charge in [0.05, 0.1) is 7.05 Å². The number of carbonyl (C=O) groups excluding carboxylic acids is 2. The van der Waals surface area contributed by atoms with Crippen LogP contribution in [0.2, 0.25) is 0 Å². The summed E-state index contributed by atoms with van der Waals surface area (Å²) in [6.45, 7) is 0.283. The van der Waals surface area contributed by atoms with Crippen molar-refractivity contribution in [2.45, 2.75) is 6.04 Å². The van der Waals surface area contributed by atoms with Gasteiger partial charge in [0.2, 0.25) is 6.79 Å². The number of hydrogen-bond acceptors (Lipinski definition) is 4. The Hall–Kier alpha value is -3.84. The third-order valence-electron chi connectivity index (χ3n) is 5.08. The summed E-state index contributed by atoms with van der Waals surface area (Å²) < 4.78 is 10.6. The zero-order valence-electron chi connectivity index (χ0n) is 17.1. The predicted octanol–water partition coefficient (Wildman–Crippen LogP) is 2.37. The van der Waals surface area contributed by atoms with Gasteiger partial charge >= 0.3 is 6.03 Å². The molecule has 4 rings (SSSR count). The molecule has 0 fully saturated rings. The fourth-order valence-corrected chi connectivity index (χ4v) is 3.72. The molecule has 0 saturated carbocycles. The molecule has 1 aliphatic heterocycles. The van der Waals surface area contributed by atoms with Crippen LogP contribution in [0.4, 0.5) is 10.5 Å². The molecular weight excluding hydrogens is 394 g/mol. The molecule has 3 aromatic rings. The van der Waals surface area contributed by atoms with Crippen LogP contribution in [0.15, 0.2) is 78.9 Å². The van der Waals surface area contributed by atoms with Crippen molar-refractivity contribution in [1.82, 2.24) is 5.32 Å². The summed E-state index contributed by atoms with van der Waals surface area (Å²) in [4.78, 5) is 25.8. The van der Waals surface area contributed by atoms with Gasteiger partial charge in [-0.3, -0.25) is 10.1 Å². The maximum absolute atomic E-state index is 12.6. The SMILES string of the molecule is C[NH+](CC(=O)NC(=O)Nc1ccc2c(c1)OCO2)C(c1ccccc1)c1ccccc1.